The number of allylic oxidation sites excluding steroid dienone is 1. The predicted octanol–water partition coefficient (Wildman–Crippen LogP) is 3.29. The minimum Gasteiger partial charge on any atom is -0.232 e. The quantitative estimate of drug-likeness (QED) is 0.794. The Labute approximate surface area is 93.4 Å². The van der Waals surface area contributed by atoms with Gasteiger partial charge in [-0.3, -0.25) is 0 Å². The van der Waals surface area contributed by atoms with Gasteiger partial charge in [-0.25, -0.2) is 9.97 Å². The van der Waals surface area contributed by atoms with Crippen LogP contribution in [0.4, 0.5) is 13.2 Å². The summed E-state index contributed by atoms with van der Waals surface area (Å²) in [5, 5.41) is 0.811. The Kier molecular flexibility index (Phi) is 4.26. The third kappa shape index (κ3) is 3.99. The average molecular weight is 281 g/mol. The molecule has 6 heteroatoms. The number of rotatable bonds is 3. The molecule has 0 aromatic carbocycles. The van der Waals surface area contributed by atoms with E-state index in [1.165, 1.54) is 0 Å². The van der Waals surface area contributed by atoms with Crippen LogP contribution in [0.25, 0.3) is 6.08 Å². The molecule has 0 aliphatic carbocycles. The topological polar surface area (TPSA) is 25.8 Å². The van der Waals surface area contributed by atoms with Crippen LogP contribution >= 0.6 is 15.9 Å². The van der Waals surface area contributed by atoms with Crippen molar-refractivity contribution in [1.82, 2.24) is 9.97 Å². The summed E-state index contributed by atoms with van der Waals surface area (Å²) in [4.78, 5) is 6.46. The molecule has 0 aliphatic rings. The first-order chi connectivity index (χ1) is 7.04. The largest absolute Gasteiger partial charge is 0.451 e. The third-order valence-corrected chi connectivity index (χ3v) is 1.97. The van der Waals surface area contributed by atoms with E-state index in [9.17, 15) is 13.2 Å². The number of hydrogen-bond donors (Lipinski definition) is 0. The molecule has 0 saturated heterocycles. The lowest BCUT2D eigenvalue weighted by molar-refractivity contribution is -0.145. The van der Waals surface area contributed by atoms with Gasteiger partial charge in [-0.15, -0.1) is 0 Å². The first kappa shape index (κ1) is 12.2. The highest BCUT2D eigenvalue weighted by Crippen LogP contribution is 2.25. The summed E-state index contributed by atoms with van der Waals surface area (Å²) < 4.78 is 36.2. The minimum atomic E-state index is -4.47. The van der Waals surface area contributed by atoms with E-state index in [4.69, 9.17) is 0 Å². The summed E-state index contributed by atoms with van der Waals surface area (Å²) in [6, 6.07) is 0. The zero-order valence-corrected chi connectivity index (χ0v) is 9.22. The molecule has 1 aromatic rings. The highest BCUT2D eigenvalue weighted by Gasteiger charge is 2.34. The van der Waals surface area contributed by atoms with E-state index >= 15 is 0 Å². The van der Waals surface area contributed by atoms with Crippen molar-refractivity contribution in [3.8, 4) is 0 Å². The van der Waals surface area contributed by atoms with Crippen LogP contribution in [0.3, 0.4) is 0 Å². The maximum atomic E-state index is 12.1. The van der Waals surface area contributed by atoms with E-state index in [0.29, 0.717) is 5.56 Å². The maximum Gasteiger partial charge on any atom is 0.451 e. The smallest absolute Gasteiger partial charge is 0.232 e. The molecule has 0 saturated carbocycles. The molecule has 1 rings (SSSR count). The Bertz CT molecular complexity index is 332. The van der Waals surface area contributed by atoms with Crippen molar-refractivity contribution >= 4 is 22.0 Å². The summed E-state index contributed by atoms with van der Waals surface area (Å²) in [6.07, 6.45) is 2.16. The maximum absolute atomic E-state index is 12.1. The van der Waals surface area contributed by atoms with Crippen molar-refractivity contribution < 1.29 is 13.2 Å². The van der Waals surface area contributed by atoms with Crippen molar-refractivity contribution in [1.29, 1.82) is 0 Å². The molecule has 15 heavy (non-hydrogen) atoms. The lowest BCUT2D eigenvalue weighted by atomic mass is 10.3. The molecule has 0 spiro atoms. The van der Waals surface area contributed by atoms with Gasteiger partial charge >= 0.3 is 6.18 Å². The predicted molar refractivity (Wildman–Crippen MR) is 54.5 cm³/mol. The zero-order chi connectivity index (χ0) is 11.3. The van der Waals surface area contributed by atoms with Gasteiger partial charge in [0.15, 0.2) is 0 Å². The monoisotopic (exact) mass is 280 g/mol. The zero-order valence-electron chi connectivity index (χ0n) is 7.63. The van der Waals surface area contributed by atoms with Gasteiger partial charge in [0.25, 0.3) is 0 Å². The van der Waals surface area contributed by atoms with Crippen LogP contribution < -0.4 is 0 Å². The van der Waals surface area contributed by atoms with Crippen molar-refractivity contribution in [2.45, 2.75) is 12.6 Å². The molecule has 2 nitrogen and oxygen atoms in total. The van der Waals surface area contributed by atoms with Crippen molar-refractivity contribution in [2.24, 2.45) is 0 Å². The Morgan fingerprint density at radius 1 is 1.27 bits per heavy atom. The minimum absolute atomic E-state index is 0.559. The van der Waals surface area contributed by atoms with Crippen LogP contribution in [0.15, 0.2) is 18.5 Å². The second kappa shape index (κ2) is 5.25. The first-order valence-electron chi connectivity index (χ1n) is 4.16. The van der Waals surface area contributed by atoms with Gasteiger partial charge in [-0.05, 0) is 6.42 Å². The number of nitrogens with zero attached hydrogens (tertiary/aromatic N) is 2. The van der Waals surface area contributed by atoms with Gasteiger partial charge in [0.1, 0.15) is 0 Å². The molecule has 0 amide bonds. The molecular weight excluding hydrogens is 273 g/mol. The van der Waals surface area contributed by atoms with Crippen LogP contribution in [0.5, 0.6) is 0 Å². The van der Waals surface area contributed by atoms with E-state index in [0.717, 1.165) is 24.1 Å². The molecule has 82 valence electrons. The summed E-state index contributed by atoms with van der Waals surface area (Å²) >= 11 is 3.23. The Balaban J connectivity index is 2.73. The van der Waals surface area contributed by atoms with Gasteiger partial charge in [0, 0.05) is 23.3 Å². The van der Waals surface area contributed by atoms with Crippen LogP contribution in [-0.2, 0) is 6.18 Å². The normalized spacial score (nSPS) is 12.3. The highest BCUT2D eigenvalue weighted by atomic mass is 79.9. The number of hydrogen-bond acceptors (Lipinski definition) is 2. The van der Waals surface area contributed by atoms with Crippen LogP contribution in [0.2, 0.25) is 0 Å². The Morgan fingerprint density at radius 3 is 2.33 bits per heavy atom. The number of alkyl halides is 4. The van der Waals surface area contributed by atoms with Gasteiger partial charge in [0.05, 0.1) is 0 Å². The average Bonchev–Trinajstić information content (AvgIpc) is 2.18. The van der Waals surface area contributed by atoms with Crippen LogP contribution in [0, 0.1) is 0 Å². The SMILES string of the molecule is FC(F)(F)c1ncc(C=CCCBr)cn1. The lowest BCUT2D eigenvalue weighted by Crippen LogP contribution is -2.10. The van der Waals surface area contributed by atoms with Gasteiger partial charge in [-0.2, -0.15) is 13.2 Å². The molecule has 0 atom stereocenters. The Hall–Kier alpha value is -0.910. The van der Waals surface area contributed by atoms with E-state index in [-0.39, 0.29) is 0 Å². The second-order valence-corrected chi connectivity index (χ2v) is 3.51. The van der Waals surface area contributed by atoms with Gasteiger partial charge < -0.3 is 0 Å². The van der Waals surface area contributed by atoms with E-state index in [1.807, 2.05) is 6.08 Å². The molecule has 0 radical (unpaired) electrons. The Morgan fingerprint density at radius 2 is 1.87 bits per heavy atom. The third-order valence-electron chi connectivity index (χ3n) is 1.51. The van der Waals surface area contributed by atoms with Crippen molar-refractivity contribution in [3.05, 3.63) is 29.9 Å². The lowest BCUT2D eigenvalue weighted by Gasteiger charge is -2.03. The van der Waals surface area contributed by atoms with E-state index in [1.54, 1.807) is 6.08 Å². The number of aromatic nitrogens is 2. The first-order valence-corrected chi connectivity index (χ1v) is 5.28. The fourth-order valence-corrected chi connectivity index (χ4v) is 1.12. The summed E-state index contributed by atoms with van der Waals surface area (Å²) in [5.41, 5.74) is 0.559. The summed E-state index contributed by atoms with van der Waals surface area (Å²) in [7, 11) is 0. The molecule has 0 aliphatic heterocycles. The van der Waals surface area contributed by atoms with Gasteiger partial charge in [-0.1, -0.05) is 28.1 Å². The molecule has 1 heterocycles. The second-order valence-electron chi connectivity index (χ2n) is 2.72. The van der Waals surface area contributed by atoms with E-state index < -0.39 is 12.0 Å². The molecule has 0 bridgehead atoms. The molecule has 0 N–H and O–H groups in total. The van der Waals surface area contributed by atoms with Crippen LogP contribution in [0.1, 0.15) is 17.8 Å². The molecular formula is C9H8BrF3N2. The summed E-state index contributed by atoms with van der Waals surface area (Å²) in [5.74, 6) is -1.11. The van der Waals surface area contributed by atoms with Gasteiger partial charge in [0.2, 0.25) is 5.82 Å². The van der Waals surface area contributed by atoms with E-state index in [2.05, 4.69) is 25.9 Å². The fourth-order valence-electron chi connectivity index (χ4n) is 0.853. The molecule has 1 aromatic heterocycles. The van der Waals surface area contributed by atoms with Crippen molar-refractivity contribution in [3.63, 3.8) is 0 Å². The number of halogens is 4. The van der Waals surface area contributed by atoms with Crippen LogP contribution in [-0.4, -0.2) is 15.3 Å². The van der Waals surface area contributed by atoms with Crippen molar-refractivity contribution in [2.75, 3.05) is 5.33 Å². The standard InChI is InChI=1S/C9H8BrF3N2/c10-4-2-1-3-7-5-14-8(15-6-7)9(11,12)13/h1,3,5-6H,2,4H2. The molecule has 0 unspecified atom stereocenters. The summed E-state index contributed by atoms with van der Waals surface area (Å²) in [6.45, 7) is 0. The fraction of sp³-hybridized carbons (Fsp3) is 0.333. The molecule has 0 fully saturated rings. The highest BCUT2D eigenvalue weighted by molar-refractivity contribution is 9.09.